The number of azide groups is 1. The summed E-state index contributed by atoms with van der Waals surface area (Å²) >= 11 is 0. The van der Waals surface area contributed by atoms with Crippen molar-refractivity contribution >= 4 is 44.8 Å². The Balaban J connectivity index is 1.61. The Morgan fingerprint density at radius 2 is 1.74 bits per heavy atom. The fourth-order valence-corrected chi connectivity index (χ4v) is 5.81. The van der Waals surface area contributed by atoms with E-state index in [1.807, 2.05) is 60.3 Å². The molecule has 2 amide bonds. The van der Waals surface area contributed by atoms with Gasteiger partial charge < -0.3 is 9.13 Å². The van der Waals surface area contributed by atoms with Gasteiger partial charge in [-0.15, -0.1) is 0 Å². The van der Waals surface area contributed by atoms with Gasteiger partial charge in [0.1, 0.15) is 0 Å². The molecule has 2 aromatic carbocycles. The molecule has 1 atom stereocenters. The minimum absolute atomic E-state index is 0.345. The smallest absolute Gasteiger partial charge is 0.259 e. The summed E-state index contributed by atoms with van der Waals surface area (Å²) in [5, 5.41) is 8.22. The predicted molar refractivity (Wildman–Crippen MR) is 135 cm³/mol. The normalized spacial score (nSPS) is 17.7. The van der Waals surface area contributed by atoms with E-state index in [0.29, 0.717) is 23.6 Å². The Morgan fingerprint density at radius 3 is 2.54 bits per heavy atom. The highest BCUT2D eigenvalue weighted by molar-refractivity contribution is 6.51. The number of aromatic nitrogens is 2. The molecule has 6 rings (SSSR count). The van der Waals surface area contributed by atoms with Gasteiger partial charge in [0.15, 0.2) is 0 Å². The zero-order valence-electron chi connectivity index (χ0n) is 19.4. The molecule has 2 aliphatic rings. The van der Waals surface area contributed by atoms with Crippen molar-refractivity contribution in [3.8, 4) is 0 Å². The Morgan fingerprint density at radius 1 is 1.03 bits per heavy atom. The third-order valence-corrected chi connectivity index (χ3v) is 7.37. The highest BCUT2D eigenvalue weighted by Crippen LogP contribution is 2.43. The minimum atomic E-state index is -0.360. The molecule has 174 valence electrons. The van der Waals surface area contributed by atoms with Crippen LogP contribution < -0.4 is 5.32 Å². The summed E-state index contributed by atoms with van der Waals surface area (Å²) in [5.74, 6) is -0.368. The predicted octanol–water partition coefficient (Wildman–Crippen LogP) is 4.96. The number of nitrogens with zero attached hydrogens (tertiary/aromatic N) is 5. The van der Waals surface area contributed by atoms with Gasteiger partial charge in [0, 0.05) is 69.9 Å². The van der Waals surface area contributed by atoms with Gasteiger partial charge in [-0.05, 0) is 42.8 Å². The molecule has 0 bridgehead atoms. The zero-order chi connectivity index (χ0) is 24.1. The van der Waals surface area contributed by atoms with E-state index >= 15 is 0 Å². The van der Waals surface area contributed by atoms with Crippen LogP contribution in [0.1, 0.15) is 29.7 Å². The van der Waals surface area contributed by atoms with Gasteiger partial charge in [-0.1, -0.05) is 41.5 Å². The Kier molecular flexibility index (Phi) is 4.97. The first-order valence-electron chi connectivity index (χ1n) is 11.8. The quantitative estimate of drug-likeness (QED) is 0.195. The molecule has 0 radical (unpaired) electrons. The van der Waals surface area contributed by atoms with Gasteiger partial charge in [-0.3, -0.25) is 14.9 Å². The lowest BCUT2D eigenvalue weighted by atomic mass is 9.88. The maximum Gasteiger partial charge on any atom is 0.259 e. The highest BCUT2D eigenvalue weighted by atomic mass is 16.2. The monoisotopic (exact) mass is 464 g/mol. The van der Waals surface area contributed by atoms with Crippen molar-refractivity contribution in [3.63, 3.8) is 0 Å². The van der Waals surface area contributed by atoms with Gasteiger partial charge in [-0.25, -0.2) is 0 Å². The Labute approximate surface area is 201 Å². The molecule has 4 aromatic rings. The van der Waals surface area contributed by atoms with Gasteiger partial charge in [0.25, 0.3) is 11.8 Å². The van der Waals surface area contributed by atoms with Crippen molar-refractivity contribution in [1.29, 1.82) is 0 Å². The average Bonchev–Trinajstić information content (AvgIpc) is 3.47. The largest absolute Gasteiger partial charge is 0.350 e. The molecular weight excluding hydrogens is 440 g/mol. The molecule has 1 unspecified atom stereocenters. The molecule has 2 aromatic heterocycles. The summed E-state index contributed by atoms with van der Waals surface area (Å²) in [4.78, 5) is 29.5. The number of hydrogen-bond donors (Lipinski definition) is 1. The van der Waals surface area contributed by atoms with Crippen LogP contribution in [0, 0.1) is 5.92 Å². The molecule has 0 spiro atoms. The van der Waals surface area contributed by atoms with Crippen LogP contribution in [0.3, 0.4) is 0 Å². The lowest BCUT2D eigenvalue weighted by Gasteiger charge is -2.25. The van der Waals surface area contributed by atoms with Crippen molar-refractivity contribution in [3.05, 3.63) is 82.0 Å². The van der Waals surface area contributed by atoms with Crippen LogP contribution >= 0.6 is 0 Å². The van der Waals surface area contributed by atoms with Crippen molar-refractivity contribution in [2.24, 2.45) is 18.1 Å². The third kappa shape index (κ3) is 3.26. The van der Waals surface area contributed by atoms with E-state index in [1.165, 1.54) is 0 Å². The van der Waals surface area contributed by atoms with Crippen molar-refractivity contribution in [2.45, 2.75) is 25.8 Å². The second-order valence-electron chi connectivity index (χ2n) is 9.30. The van der Waals surface area contributed by atoms with Gasteiger partial charge in [-0.2, -0.15) is 0 Å². The second kappa shape index (κ2) is 8.18. The SMILES string of the molecule is Cn1cc(C2=C(c3c4n(c5ccccc35)CCC(CCN=[N+]=[N-])C4)C(=O)NC2=O)c2ccccc21. The van der Waals surface area contributed by atoms with Crippen molar-refractivity contribution < 1.29 is 9.59 Å². The Hall–Kier alpha value is -4.29. The van der Waals surface area contributed by atoms with Crippen LogP contribution in [0.2, 0.25) is 0 Å². The number of fused-ring (bicyclic) bond motifs is 4. The van der Waals surface area contributed by atoms with Gasteiger partial charge in [0.2, 0.25) is 0 Å². The fraction of sp³-hybridized carbons (Fsp3) is 0.259. The number of amides is 2. The maximum atomic E-state index is 13.4. The van der Waals surface area contributed by atoms with Crippen LogP contribution in [0.4, 0.5) is 0 Å². The first-order valence-corrected chi connectivity index (χ1v) is 11.8. The standard InChI is InChI=1S/C27H24N6O2/c1-32-15-19(17-6-2-4-8-20(17)32)24-25(27(35)30-26(24)34)23-18-7-3-5-9-21(18)33-13-11-16(14-22(23)33)10-12-29-31-28/h2-9,15-16H,10-14H2,1H3,(H,30,34,35). The molecule has 0 saturated heterocycles. The molecule has 0 aliphatic carbocycles. The maximum absolute atomic E-state index is 13.4. The topological polar surface area (TPSA) is 105 Å². The van der Waals surface area contributed by atoms with E-state index in [-0.39, 0.29) is 11.8 Å². The van der Waals surface area contributed by atoms with E-state index in [2.05, 4.69) is 26.0 Å². The zero-order valence-corrected chi connectivity index (χ0v) is 19.4. The number of rotatable bonds is 5. The summed E-state index contributed by atoms with van der Waals surface area (Å²) in [7, 11) is 1.95. The summed E-state index contributed by atoms with van der Waals surface area (Å²) in [6.45, 7) is 1.28. The first-order chi connectivity index (χ1) is 17.1. The Bertz CT molecular complexity index is 1620. The number of imide groups is 1. The number of carbonyl (C=O) groups is 2. The summed E-state index contributed by atoms with van der Waals surface area (Å²) in [5.41, 5.74) is 14.3. The summed E-state index contributed by atoms with van der Waals surface area (Å²) in [6.07, 6.45) is 4.47. The number of aryl methyl sites for hydroxylation is 2. The molecule has 8 heteroatoms. The van der Waals surface area contributed by atoms with Crippen LogP contribution in [0.5, 0.6) is 0 Å². The summed E-state index contributed by atoms with van der Waals surface area (Å²) < 4.78 is 4.28. The van der Waals surface area contributed by atoms with Crippen LogP contribution in [0.25, 0.3) is 43.4 Å². The van der Waals surface area contributed by atoms with Gasteiger partial charge >= 0.3 is 0 Å². The number of benzene rings is 2. The van der Waals surface area contributed by atoms with E-state index < -0.39 is 0 Å². The number of para-hydroxylation sites is 2. The molecule has 2 aliphatic heterocycles. The highest BCUT2D eigenvalue weighted by Gasteiger charge is 2.38. The van der Waals surface area contributed by atoms with Crippen LogP contribution in [-0.4, -0.2) is 27.5 Å². The van der Waals surface area contributed by atoms with Crippen LogP contribution in [0.15, 0.2) is 59.8 Å². The lowest BCUT2D eigenvalue weighted by Crippen LogP contribution is -2.23. The van der Waals surface area contributed by atoms with Crippen molar-refractivity contribution in [1.82, 2.24) is 14.5 Å². The third-order valence-electron chi connectivity index (χ3n) is 7.37. The first kappa shape index (κ1) is 21.3. The average molecular weight is 465 g/mol. The second-order valence-corrected chi connectivity index (χ2v) is 9.30. The van der Waals surface area contributed by atoms with Crippen LogP contribution in [-0.2, 0) is 29.6 Å². The molecule has 35 heavy (non-hydrogen) atoms. The fourth-order valence-electron chi connectivity index (χ4n) is 5.81. The molecule has 1 N–H and O–H groups in total. The van der Waals surface area contributed by atoms with E-state index in [4.69, 9.17) is 5.53 Å². The summed E-state index contributed by atoms with van der Waals surface area (Å²) in [6, 6.07) is 16.0. The molecule has 0 saturated carbocycles. The van der Waals surface area contributed by atoms with Gasteiger partial charge in [0.05, 0.1) is 11.1 Å². The van der Waals surface area contributed by atoms with E-state index in [1.54, 1.807) is 0 Å². The minimum Gasteiger partial charge on any atom is -0.350 e. The lowest BCUT2D eigenvalue weighted by molar-refractivity contribution is -0.122. The number of nitrogens with one attached hydrogen (secondary N) is 1. The molecule has 4 heterocycles. The van der Waals surface area contributed by atoms with Crippen molar-refractivity contribution in [2.75, 3.05) is 6.54 Å². The van der Waals surface area contributed by atoms with E-state index in [9.17, 15) is 9.59 Å². The molecule has 0 fully saturated rings. The number of carbonyl (C=O) groups excluding carboxylic acids is 2. The molecule has 8 nitrogen and oxygen atoms in total. The molecular formula is C27H24N6O2. The van der Waals surface area contributed by atoms with E-state index in [0.717, 1.165) is 64.4 Å². The number of hydrogen-bond acceptors (Lipinski definition) is 3.